The van der Waals surface area contributed by atoms with Crippen molar-refractivity contribution in [3.63, 3.8) is 0 Å². The van der Waals surface area contributed by atoms with E-state index in [0.717, 1.165) is 12.1 Å². The number of aromatic nitrogens is 1. The molecular formula is C21H18N2O3. The molecule has 0 radical (unpaired) electrons. The van der Waals surface area contributed by atoms with Gasteiger partial charge in [0, 0.05) is 24.5 Å². The Morgan fingerprint density at radius 3 is 2.54 bits per heavy atom. The topological polar surface area (TPSA) is 51.7 Å². The molecule has 0 saturated heterocycles. The van der Waals surface area contributed by atoms with Crippen LogP contribution in [-0.4, -0.2) is 24.0 Å². The van der Waals surface area contributed by atoms with E-state index in [4.69, 9.17) is 9.47 Å². The number of fused-ring (bicyclic) bond motifs is 1. The molecule has 1 aliphatic rings. The van der Waals surface area contributed by atoms with Crippen LogP contribution in [0, 0.1) is 0 Å². The molecular weight excluding hydrogens is 328 g/mol. The molecule has 2 aromatic carbocycles. The number of hydrogen-bond acceptors (Lipinski definition) is 4. The third-order valence-electron chi connectivity index (χ3n) is 4.23. The van der Waals surface area contributed by atoms with Crippen molar-refractivity contribution >= 4 is 11.6 Å². The number of pyridine rings is 1. The monoisotopic (exact) mass is 346 g/mol. The second kappa shape index (κ2) is 7.27. The van der Waals surface area contributed by atoms with Gasteiger partial charge in [0.2, 0.25) is 5.88 Å². The zero-order valence-corrected chi connectivity index (χ0v) is 14.2. The van der Waals surface area contributed by atoms with Crippen LogP contribution >= 0.6 is 0 Å². The van der Waals surface area contributed by atoms with Crippen LogP contribution in [0.4, 0.5) is 5.69 Å². The molecule has 1 aromatic heterocycles. The molecule has 0 bridgehead atoms. The van der Waals surface area contributed by atoms with Crippen LogP contribution in [0.3, 0.4) is 0 Å². The van der Waals surface area contributed by atoms with Crippen molar-refractivity contribution in [2.75, 3.05) is 18.1 Å². The van der Waals surface area contributed by atoms with Gasteiger partial charge in [-0.15, -0.1) is 0 Å². The fourth-order valence-corrected chi connectivity index (χ4v) is 2.95. The molecule has 1 aliphatic heterocycles. The lowest BCUT2D eigenvalue weighted by atomic mass is 10.2. The fraction of sp³-hybridized carbons (Fsp3) is 0.143. The van der Waals surface area contributed by atoms with Gasteiger partial charge >= 0.3 is 0 Å². The zero-order chi connectivity index (χ0) is 17.8. The van der Waals surface area contributed by atoms with Crippen LogP contribution < -0.4 is 14.4 Å². The highest BCUT2D eigenvalue weighted by atomic mass is 16.5. The first-order valence-corrected chi connectivity index (χ1v) is 8.49. The molecule has 0 fully saturated rings. The summed E-state index contributed by atoms with van der Waals surface area (Å²) in [4.78, 5) is 18.4. The number of carbonyl (C=O) groups excluding carboxylic acids is 1. The summed E-state index contributed by atoms with van der Waals surface area (Å²) in [5.41, 5.74) is 2.19. The van der Waals surface area contributed by atoms with Gasteiger partial charge in [-0.05, 0) is 48.4 Å². The number of amides is 1. The van der Waals surface area contributed by atoms with Gasteiger partial charge in [0.05, 0.1) is 0 Å². The molecule has 0 spiro atoms. The maximum absolute atomic E-state index is 12.5. The van der Waals surface area contributed by atoms with Crippen LogP contribution in [0.15, 0.2) is 72.9 Å². The van der Waals surface area contributed by atoms with E-state index in [1.165, 1.54) is 5.56 Å². The number of rotatable bonds is 5. The quantitative estimate of drug-likeness (QED) is 0.704. The number of nitrogens with zero attached hydrogens (tertiary/aromatic N) is 2. The van der Waals surface area contributed by atoms with Crippen molar-refractivity contribution in [3.05, 3.63) is 78.5 Å². The Bertz CT molecular complexity index is 895. The van der Waals surface area contributed by atoms with Crippen molar-refractivity contribution in [3.8, 4) is 17.4 Å². The normalized spacial score (nSPS) is 12.5. The fourth-order valence-electron chi connectivity index (χ4n) is 2.95. The zero-order valence-electron chi connectivity index (χ0n) is 14.2. The summed E-state index contributed by atoms with van der Waals surface area (Å²) in [6, 6.07) is 20.6. The Morgan fingerprint density at radius 2 is 1.73 bits per heavy atom. The molecule has 5 heteroatoms. The molecule has 1 amide bonds. The number of para-hydroxylation sites is 1. The molecule has 0 aliphatic carbocycles. The van der Waals surface area contributed by atoms with E-state index in [9.17, 15) is 4.79 Å². The molecule has 5 nitrogen and oxygen atoms in total. The first-order chi connectivity index (χ1) is 12.8. The van der Waals surface area contributed by atoms with Crippen LogP contribution in [0.5, 0.6) is 17.4 Å². The molecule has 0 N–H and O–H groups in total. The number of anilines is 1. The first kappa shape index (κ1) is 16.1. The highest BCUT2D eigenvalue weighted by Crippen LogP contribution is 2.27. The summed E-state index contributed by atoms with van der Waals surface area (Å²) in [6.45, 7) is 0.715. The molecule has 130 valence electrons. The van der Waals surface area contributed by atoms with Crippen molar-refractivity contribution in [1.29, 1.82) is 0 Å². The molecule has 0 atom stereocenters. The summed E-state index contributed by atoms with van der Waals surface area (Å²) >= 11 is 0. The van der Waals surface area contributed by atoms with Gasteiger partial charge in [-0.3, -0.25) is 4.79 Å². The number of benzene rings is 2. The third kappa shape index (κ3) is 3.52. The third-order valence-corrected chi connectivity index (χ3v) is 4.23. The maximum atomic E-state index is 12.5. The maximum Gasteiger partial charge on any atom is 0.264 e. The van der Waals surface area contributed by atoms with Crippen LogP contribution in [0.25, 0.3) is 0 Å². The van der Waals surface area contributed by atoms with E-state index in [1.54, 1.807) is 41.4 Å². The Hall–Kier alpha value is -3.34. The Labute approximate surface area is 151 Å². The lowest BCUT2D eigenvalue weighted by Gasteiger charge is -2.17. The minimum atomic E-state index is -0.0382. The van der Waals surface area contributed by atoms with Crippen LogP contribution in [-0.2, 0) is 11.2 Å². The first-order valence-electron chi connectivity index (χ1n) is 8.49. The molecule has 2 heterocycles. The predicted octanol–water partition coefficient (Wildman–Crippen LogP) is 3.84. The van der Waals surface area contributed by atoms with Crippen molar-refractivity contribution in [2.24, 2.45) is 0 Å². The van der Waals surface area contributed by atoms with E-state index in [1.807, 2.05) is 30.3 Å². The summed E-state index contributed by atoms with van der Waals surface area (Å²) in [5.74, 6) is 1.78. The van der Waals surface area contributed by atoms with E-state index in [-0.39, 0.29) is 12.5 Å². The Morgan fingerprint density at radius 1 is 0.962 bits per heavy atom. The summed E-state index contributed by atoms with van der Waals surface area (Å²) in [5, 5.41) is 0. The predicted molar refractivity (Wildman–Crippen MR) is 98.7 cm³/mol. The standard InChI is InChI=1S/C21H18N2O3/c24-21(23-14-12-16-5-1-2-6-19(16)23)15-25-17-8-10-18(11-9-17)26-20-7-3-4-13-22-20/h1-11,13H,12,14-15H2. The Balaban J connectivity index is 1.34. The largest absolute Gasteiger partial charge is 0.484 e. The van der Waals surface area contributed by atoms with E-state index < -0.39 is 0 Å². The van der Waals surface area contributed by atoms with Gasteiger partial charge in [0.15, 0.2) is 6.61 Å². The smallest absolute Gasteiger partial charge is 0.264 e. The summed E-state index contributed by atoms with van der Waals surface area (Å²) in [7, 11) is 0. The van der Waals surface area contributed by atoms with Crippen LogP contribution in [0.1, 0.15) is 5.56 Å². The van der Waals surface area contributed by atoms with Gasteiger partial charge in [0.25, 0.3) is 5.91 Å². The lowest BCUT2D eigenvalue weighted by molar-refractivity contribution is -0.120. The highest BCUT2D eigenvalue weighted by Gasteiger charge is 2.24. The van der Waals surface area contributed by atoms with E-state index in [2.05, 4.69) is 11.1 Å². The Kier molecular flexibility index (Phi) is 4.51. The molecule has 4 rings (SSSR count). The van der Waals surface area contributed by atoms with Gasteiger partial charge in [-0.25, -0.2) is 4.98 Å². The number of ether oxygens (including phenoxy) is 2. The average Bonchev–Trinajstić information content (AvgIpc) is 3.12. The number of hydrogen-bond donors (Lipinski definition) is 0. The second-order valence-electron chi connectivity index (χ2n) is 5.95. The SMILES string of the molecule is O=C(COc1ccc(Oc2ccccn2)cc1)N1CCc2ccccc21. The van der Waals surface area contributed by atoms with Crippen molar-refractivity contribution < 1.29 is 14.3 Å². The minimum absolute atomic E-state index is 0.00871. The summed E-state index contributed by atoms with van der Waals surface area (Å²) < 4.78 is 11.3. The molecule has 0 saturated carbocycles. The van der Waals surface area contributed by atoms with Gasteiger partial charge < -0.3 is 14.4 Å². The molecule has 26 heavy (non-hydrogen) atoms. The van der Waals surface area contributed by atoms with E-state index >= 15 is 0 Å². The highest BCUT2D eigenvalue weighted by molar-refractivity contribution is 5.96. The lowest BCUT2D eigenvalue weighted by Crippen LogP contribution is -2.33. The van der Waals surface area contributed by atoms with Crippen molar-refractivity contribution in [2.45, 2.75) is 6.42 Å². The summed E-state index contributed by atoms with van der Waals surface area (Å²) in [6.07, 6.45) is 2.57. The average molecular weight is 346 g/mol. The minimum Gasteiger partial charge on any atom is -0.484 e. The van der Waals surface area contributed by atoms with Gasteiger partial charge in [0.1, 0.15) is 11.5 Å². The van der Waals surface area contributed by atoms with Gasteiger partial charge in [-0.2, -0.15) is 0 Å². The van der Waals surface area contributed by atoms with E-state index in [0.29, 0.717) is 23.9 Å². The second-order valence-corrected chi connectivity index (χ2v) is 5.95. The molecule has 0 unspecified atom stereocenters. The number of carbonyl (C=O) groups is 1. The van der Waals surface area contributed by atoms with Crippen LogP contribution in [0.2, 0.25) is 0 Å². The molecule has 3 aromatic rings. The van der Waals surface area contributed by atoms with Crippen molar-refractivity contribution in [1.82, 2.24) is 4.98 Å². The van der Waals surface area contributed by atoms with Gasteiger partial charge in [-0.1, -0.05) is 24.3 Å².